The number of rotatable bonds is 3. The molecule has 1 N–H and O–H groups in total. The lowest BCUT2D eigenvalue weighted by Crippen LogP contribution is -2.41. The first kappa shape index (κ1) is 13.1. The summed E-state index contributed by atoms with van der Waals surface area (Å²) in [7, 11) is 0. The van der Waals surface area contributed by atoms with E-state index in [2.05, 4.69) is 27.4 Å². The van der Waals surface area contributed by atoms with Gasteiger partial charge in [0, 0.05) is 12.5 Å². The highest BCUT2D eigenvalue weighted by Gasteiger charge is 2.48. The van der Waals surface area contributed by atoms with Crippen LogP contribution in [-0.2, 0) is 9.59 Å². The van der Waals surface area contributed by atoms with Crippen molar-refractivity contribution in [2.45, 2.75) is 31.2 Å². The van der Waals surface area contributed by atoms with Crippen LogP contribution in [0.2, 0.25) is 0 Å². The van der Waals surface area contributed by atoms with Crippen molar-refractivity contribution in [2.24, 2.45) is 5.92 Å². The van der Waals surface area contributed by atoms with E-state index >= 15 is 0 Å². The van der Waals surface area contributed by atoms with E-state index in [9.17, 15) is 9.59 Å². The van der Waals surface area contributed by atoms with Gasteiger partial charge in [-0.25, -0.2) is 4.79 Å². The van der Waals surface area contributed by atoms with Gasteiger partial charge in [0.25, 0.3) is 0 Å². The lowest BCUT2D eigenvalue weighted by molar-refractivity contribution is -0.148. The highest BCUT2D eigenvalue weighted by molar-refractivity contribution is 9.11. The zero-order valence-electron chi connectivity index (χ0n) is 10.2. The summed E-state index contributed by atoms with van der Waals surface area (Å²) in [5, 5.41) is 11.2. The van der Waals surface area contributed by atoms with Crippen molar-refractivity contribution in [1.82, 2.24) is 4.90 Å². The minimum atomic E-state index is -0.874. The van der Waals surface area contributed by atoms with E-state index in [1.807, 2.05) is 0 Å². The molecule has 4 nitrogen and oxygen atoms in total. The van der Waals surface area contributed by atoms with Gasteiger partial charge in [0.05, 0.1) is 3.79 Å². The molecular weight excluding hydrogens is 330 g/mol. The number of carbonyl (C=O) groups excluding carboxylic acids is 1. The van der Waals surface area contributed by atoms with Gasteiger partial charge in [0.15, 0.2) is 0 Å². The van der Waals surface area contributed by atoms with Gasteiger partial charge in [-0.3, -0.25) is 4.79 Å². The van der Waals surface area contributed by atoms with Crippen LogP contribution in [0.15, 0.2) is 15.2 Å². The fourth-order valence-electron chi connectivity index (χ4n) is 2.85. The Bertz CT molecular complexity index is 530. The lowest BCUT2D eigenvalue weighted by atomic mass is 10.1. The Morgan fingerprint density at radius 2 is 2.26 bits per heavy atom. The first-order valence-corrected chi connectivity index (χ1v) is 8.02. The topological polar surface area (TPSA) is 57.6 Å². The molecular formula is C13H14BrNO3S. The molecule has 3 rings (SSSR count). The largest absolute Gasteiger partial charge is 0.480 e. The molecule has 1 aromatic rings. The Labute approximate surface area is 123 Å². The molecule has 0 radical (unpaired) electrons. The Balaban J connectivity index is 1.68. The molecule has 1 saturated carbocycles. The Kier molecular flexibility index (Phi) is 3.39. The SMILES string of the molecule is O=C(O)C1CCCN1C(=O)[C@@H]1C[C@H]1c1csc(Br)c1. The predicted octanol–water partition coefficient (Wildman–Crippen LogP) is 2.69. The predicted molar refractivity (Wildman–Crippen MR) is 75.2 cm³/mol. The lowest BCUT2D eigenvalue weighted by Gasteiger charge is -2.21. The van der Waals surface area contributed by atoms with Crippen molar-refractivity contribution in [3.05, 3.63) is 20.8 Å². The number of likely N-dealkylation sites (tertiary alicyclic amines) is 1. The molecule has 0 spiro atoms. The monoisotopic (exact) mass is 343 g/mol. The zero-order valence-corrected chi connectivity index (χ0v) is 12.6. The van der Waals surface area contributed by atoms with Crippen LogP contribution in [-0.4, -0.2) is 34.5 Å². The number of carboxylic acids is 1. The molecule has 1 saturated heterocycles. The number of thiophene rings is 1. The summed E-state index contributed by atoms with van der Waals surface area (Å²) in [5.74, 6) is -0.579. The van der Waals surface area contributed by atoms with Crippen molar-refractivity contribution < 1.29 is 14.7 Å². The van der Waals surface area contributed by atoms with E-state index in [1.165, 1.54) is 5.56 Å². The summed E-state index contributed by atoms with van der Waals surface area (Å²) in [6.45, 7) is 0.590. The van der Waals surface area contributed by atoms with Gasteiger partial charge in [-0.1, -0.05) is 0 Å². The van der Waals surface area contributed by atoms with Crippen LogP contribution in [0, 0.1) is 5.92 Å². The smallest absolute Gasteiger partial charge is 0.326 e. The third-order valence-corrected chi connectivity index (χ3v) is 5.47. The number of aliphatic carboxylic acids is 1. The molecule has 1 unspecified atom stereocenters. The molecule has 3 atom stereocenters. The van der Waals surface area contributed by atoms with Crippen LogP contribution in [0.3, 0.4) is 0 Å². The minimum Gasteiger partial charge on any atom is -0.480 e. The molecule has 2 fully saturated rings. The van der Waals surface area contributed by atoms with Crippen LogP contribution >= 0.6 is 27.3 Å². The van der Waals surface area contributed by atoms with E-state index in [4.69, 9.17) is 5.11 Å². The highest BCUT2D eigenvalue weighted by Crippen LogP contribution is 2.50. The number of hydrogen-bond acceptors (Lipinski definition) is 3. The fraction of sp³-hybridized carbons (Fsp3) is 0.538. The average molecular weight is 344 g/mol. The first-order valence-electron chi connectivity index (χ1n) is 6.35. The molecule has 1 aliphatic carbocycles. The third-order valence-electron chi connectivity index (χ3n) is 3.94. The molecule has 0 bridgehead atoms. The standard InChI is InChI=1S/C13H14BrNO3S/c14-11-4-7(6-19-11)8-5-9(8)12(16)15-3-1-2-10(15)13(17)18/h4,6,8-10H,1-3,5H2,(H,17,18)/t8-,9+,10?/m0/s1. The zero-order chi connectivity index (χ0) is 13.6. The molecule has 1 aliphatic heterocycles. The second kappa shape index (κ2) is 4.90. The molecule has 19 heavy (non-hydrogen) atoms. The van der Waals surface area contributed by atoms with Gasteiger partial charge in [-0.05, 0) is 58.1 Å². The average Bonchev–Trinajstić information content (AvgIpc) is 2.82. The van der Waals surface area contributed by atoms with E-state index in [0.29, 0.717) is 13.0 Å². The Morgan fingerprint density at radius 1 is 1.47 bits per heavy atom. The molecule has 2 heterocycles. The van der Waals surface area contributed by atoms with Crippen LogP contribution < -0.4 is 0 Å². The summed E-state index contributed by atoms with van der Waals surface area (Å²) in [6, 6.07) is 1.45. The molecule has 1 amide bonds. The molecule has 102 valence electrons. The maximum absolute atomic E-state index is 12.4. The van der Waals surface area contributed by atoms with Gasteiger partial charge in [0.1, 0.15) is 6.04 Å². The second-order valence-electron chi connectivity index (χ2n) is 5.16. The number of hydrogen-bond donors (Lipinski definition) is 1. The first-order chi connectivity index (χ1) is 9.08. The van der Waals surface area contributed by atoms with Gasteiger partial charge in [0.2, 0.25) is 5.91 Å². The summed E-state index contributed by atoms with van der Waals surface area (Å²) in [5.41, 5.74) is 1.20. The maximum atomic E-state index is 12.4. The number of carbonyl (C=O) groups is 2. The van der Waals surface area contributed by atoms with Crippen molar-refractivity contribution >= 4 is 39.1 Å². The van der Waals surface area contributed by atoms with Crippen LogP contribution in [0.1, 0.15) is 30.7 Å². The maximum Gasteiger partial charge on any atom is 0.326 e. The van der Waals surface area contributed by atoms with Gasteiger partial charge >= 0.3 is 5.97 Å². The summed E-state index contributed by atoms with van der Waals surface area (Å²) in [6.07, 6.45) is 2.23. The summed E-state index contributed by atoms with van der Waals surface area (Å²) < 4.78 is 1.07. The number of carboxylic acid groups (broad SMARTS) is 1. The Morgan fingerprint density at radius 3 is 2.89 bits per heavy atom. The normalized spacial score (nSPS) is 29.5. The quantitative estimate of drug-likeness (QED) is 0.917. The summed E-state index contributed by atoms with van der Waals surface area (Å²) >= 11 is 5.05. The van der Waals surface area contributed by atoms with Crippen LogP contribution in [0.5, 0.6) is 0 Å². The minimum absolute atomic E-state index is 0.0125. The molecule has 2 aliphatic rings. The molecule has 6 heteroatoms. The van der Waals surface area contributed by atoms with Crippen molar-refractivity contribution in [1.29, 1.82) is 0 Å². The molecule has 1 aromatic heterocycles. The van der Waals surface area contributed by atoms with Crippen molar-refractivity contribution in [3.8, 4) is 0 Å². The Hall–Kier alpha value is -0.880. The number of halogens is 1. The van der Waals surface area contributed by atoms with Crippen molar-refractivity contribution in [3.63, 3.8) is 0 Å². The highest BCUT2D eigenvalue weighted by atomic mass is 79.9. The van der Waals surface area contributed by atoms with E-state index in [1.54, 1.807) is 16.2 Å². The van der Waals surface area contributed by atoms with Crippen LogP contribution in [0.4, 0.5) is 0 Å². The molecule has 0 aromatic carbocycles. The van der Waals surface area contributed by atoms with Gasteiger partial charge in [-0.2, -0.15) is 0 Å². The third kappa shape index (κ3) is 2.43. The van der Waals surface area contributed by atoms with Gasteiger partial charge in [-0.15, -0.1) is 11.3 Å². The summed E-state index contributed by atoms with van der Waals surface area (Å²) in [4.78, 5) is 25.0. The van der Waals surface area contributed by atoms with Gasteiger partial charge < -0.3 is 10.0 Å². The second-order valence-corrected chi connectivity index (χ2v) is 7.45. The van der Waals surface area contributed by atoms with Crippen molar-refractivity contribution in [2.75, 3.05) is 6.54 Å². The van der Waals surface area contributed by atoms with Crippen LogP contribution in [0.25, 0.3) is 0 Å². The van der Waals surface area contributed by atoms with E-state index in [0.717, 1.165) is 16.6 Å². The fourth-order valence-corrected chi connectivity index (χ4v) is 4.09. The van der Waals surface area contributed by atoms with E-state index in [-0.39, 0.29) is 17.7 Å². The number of amides is 1. The van der Waals surface area contributed by atoms with E-state index < -0.39 is 12.0 Å². The number of nitrogens with zero attached hydrogens (tertiary/aromatic N) is 1.